The van der Waals surface area contributed by atoms with Crippen LogP contribution in [0.5, 0.6) is 0 Å². The third kappa shape index (κ3) is 3.38. The topological polar surface area (TPSA) is 59.5 Å². The summed E-state index contributed by atoms with van der Waals surface area (Å²) < 4.78 is 30.7. The van der Waals surface area contributed by atoms with Crippen LogP contribution in [0.3, 0.4) is 0 Å². The van der Waals surface area contributed by atoms with Crippen LogP contribution in [0.15, 0.2) is 23.4 Å². The van der Waals surface area contributed by atoms with Crippen molar-refractivity contribution in [3.8, 4) is 0 Å². The maximum atomic E-state index is 12.2. The molecule has 7 heteroatoms. The van der Waals surface area contributed by atoms with E-state index in [0.717, 1.165) is 0 Å². The Bertz CT molecular complexity index is 464. The van der Waals surface area contributed by atoms with Crippen molar-refractivity contribution in [2.24, 2.45) is 0 Å². The largest absolute Gasteiger partial charge is 0.383 e. The van der Waals surface area contributed by atoms with Gasteiger partial charge in [0, 0.05) is 32.6 Å². The fourth-order valence-electron chi connectivity index (χ4n) is 1.33. The quantitative estimate of drug-likeness (QED) is 0.789. The molecule has 0 aromatic carbocycles. The summed E-state index contributed by atoms with van der Waals surface area (Å²) in [6.07, 6.45) is 2.71. The molecule has 1 rings (SSSR count). The molecule has 96 valence electrons. The summed E-state index contributed by atoms with van der Waals surface area (Å²) in [6, 6.07) is 1.46. The first-order chi connectivity index (χ1) is 8.04. The smallest absolute Gasteiger partial charge is 0.246 e. The molecule has 0 aliphatic carbocycles. The van der Waals surface area contributed by atoms with E-state index < -0.39 is 10.0 Å². The van der Waals surface area contributed by atoms with Gasteiger partial charge in [0.1, 0.15) is 4.90 Å². The van der Waals surface area contributed by atoms with Crippen molar-refractivity contribution >= 4 is 21.6 Å². The number of likely N-dealkylation sites (N-methyl/N-ethyl adjacent to an activating group) is 1. The average molecular weight is 279 g/mol. The zero-order valence-electron chi connectivity index (χ0n) is 9.76. The molecule has 0 unspecified atom stereocenters. The molecule has 0 radical (unpaired) electrons. The highest BCUT2D eigenvalue weighted by Gasteiger charge is 2.25. The second-order valence-corrected chi connectivity index (χ2v) is 5.61. The molecule has 1 aromatic heterocycles. The van der Waals surface area contributed by atoms with Crippen molar-refractivity contribution in [1.29, 1.82) is 0 Å². The van der Waals surface area contributed by atoms with Crippen molar-refractivity contribution in [2.45, 2.75) is 11.8 Å². The molecule has 0 amide bonds. The van der Waals surface area contributed by atoms with Crippen LogP contribution in [-0.4, -0.2) is 44.5 Å². The summed E-state index contributed by atoms with van der Waals surface area (Å²) >= 11 is 5.87. The average Bonchev–Trinajstić information content (AvgIpc) is 2.30. The lowest BCUT2D eigenvalue weighted by molar-refractivity contribution is 0.180. The number of hydrogen-bond acceptors (Lipinski definition) is 4. The molecule has 5 nitrogen and oxygen atoms in total. The summed E-state index contributed by atoms with van der Waals surface area (Å²) in [5.74, 6) is 0. The fraction of sp³-hybridized carbons (Fsp3) is 0.500. The lowest BCUT2D eigenvalue weighted by Gasteiger charge is -2.20. The summed E-state index contributed by atoms with van der Waals surface area (Å²) in [4.78, 5) is 3.81. The van der Waals surface area contributed by atoms with Gasteiger partial charge in [0.15, 0.2) is 0 Å². The van der Waals surface area contributed by atoms with E-state index in [-0.39, 0.29) is 9.92 Å². The molecule has 0 aliphatic heterocycles. The molecule has 1 heterocycles. The third-order valence-corrected chi connectivity index (χ3v) is 4.69. The monoisotopic (exact) mass is 278 g/mol. The van der Waals surface area contributed by atoms with Crippen molar-refractivity contribution in [1.82, 2.24) is 9.29 Å². The van der Waals surface area contributed by atoms with E-state index >= 15 is 0 Å². The number of hydrogen-bond donors (Lipinski definition) is 0. The Balaban J connectivity index is 3.05. The van der Waals surface area contributed by atoms with Crippen molar-refractivity contribution in [2.75, 3.05) is 26.8 Å². The minimum absolute atomic E-state index is 0.0274. The van der Waals surface area contributed by atoms with Crippen molar-refractivity contribution in [3.63, 3.8) is 0 Å². The van der Waals surface area contributed by atoms with E-state index in [0.29, 0.717) is 19.7 Å². The second kappa shape index (κ2) is 6.30. The number of nitrogens with zero attached hydrogens (tertiary/aromatic N) is 2. The van der Waals surface area contributed by atoms with Crippen LogP contribution in [0.2, 0.25) is 5.02 Å². The van der Waals surface area contributed by atoms with Crippen LogP contribution in [0.25, 0.3) is 0 Å². The van der Waals surface area contributed by atoms with Crippen LogP contribution in [0, 0.1) is 0 Å². The van der Waals surface area contributed by atoms with E-state index in [1.165, 1.54) is 29.9 Å². The Morgan fingerprint density at radius 1 is 1.53 bits per heavy atom. The molecule has 0 aliphatic rings. The number of sulfonamides is 1. The third-order valence-electron chi connectivity index (χ3n) is 2.25. The molecule has 0 fully saturated rings. The molecule has 0 atom stereocenters. The Hall–Kier alpha value is -0.690. The maximum Gasteiger partial charge on any atom is 0.246 e. The Labute approximate surface area is 106 Å². The molecule has 0 bridgehead atoms. The van der Waals surface area contributed by atoms with Gasteiger partial charge in [-0.15, -0.1) is 0 Å². The van der Waals surface area contributed by atoms with Crippen LogP contribution < -0.4 is 0 Å². The van der Waals surface area contributed by atoms with Gasteiger partial charge in [-0.05, 0) is 6.07 Å². The van der Waals surface area contributed by atoms with Crippen molar-refractivity contribution < 1.29 is 13.2 Å². The lowest BCUT2D eigenvalue weighted by atomic mass is 10.5. The van der Waals surface area contributed by atoms with Crippen LogP contribution in [0.4, 0.5) is 0 Å². The van der Waals surface area contributed by atoms with Gasteiger partial charge in [0.25, 0.3) is 0 Å². The van der Waals surface area contributed by atoms with Crippen molar-refractivity contribution in [3.05, 3.63) is 23.5 Å². The normalized spacial score (nSPS) is 12.0. The lowest BCUT2D eigenvalue weighted by Crippen LogP contribution is -2.34. The van der Waals surface area contributed by atoms with Crippen LogP contribution in [0.1, 0.15) is 6.92 Å². The van der Waals surface area contributed by atoms with E-state index in [1.54, 1.807) is 6.92 Å². The Kier molecular flexibility index (Phi) is 5.32. The summed E-state index contributed by atoms with van der Waals surface area (Å²) in [5.41, 5.74) is 0. The molecular weight excluding hydrogens is 264 g/mol. The maximum absolute atomic E-state index is 12.2. The summed E-state index contributed by atoms with van der Waals surface area (Å²) in [5, 5.41) is 0.177. The number of methoxy groups -OCH3 is 1. The predicted octanol–water partition coefficient (Wildman–Crippen LogP) is 1.39. The highest BCUT2D eigenvalue weighted by molar-refractivity contribution is 7.89. The van der Waals surface area contributed by atoms with E-state index in [1.807, 2.05) is 0 Å². The minimum atomic E-state index is -3.60. The van der Waals surface area contributed by atoms with E-state index in [4.69, 9.17) is 16.3 Å². The fourth-order valence-corrected chi connectivity index (χ4v) is 3.17. The van der Waals surface area contributed by atoms with Gasteiger partial charge in [-0.25, -0.2) is 8.42 Å². The molecule has 0 saturated carbocycles. The highest BCUT2D eigenvalue weighted by atomic mass is 35.5. The first kappa shape index (κ1) is 14.4. The number of halogens is 1. The number of ether oxygens (including phenoxy) is 1. The van der Waals surface area contributed by atoms with Gasteiger partial charge >= 0.3 is 0 Å². The van der Waals surface area contributed by atoms with Crippen LogP contribution in [-0.2, 0) is 14.8 Å². The molecule has 0 saturated heterocycles. The zero-order chi connectivity index (χ0) is 12.9. The molecular formula is C10H15ClN2O3S. The number of rotatable bonds is 6. The Morgan fingerprint density at radius 2 is 2.24 bits per heavy atom. The predicted molar refractivity (Wildman–Crippen MR) is 65.6 cm³/mol. The first-order valence-corrected chi connectivity index (χ1v) is 6.94. The summed E-state index contributed by atoms with van der Waals surface area (Å²) in [7, 11) is -2.07. The highest BCUT2D eigenvalue weighted by Crippen LogP contribution is 2.22. The Morgan fingerprint density at radius 3 is 2.76 bits per heavy atom. The first-order valence-electron chi connectivity index (χ1n) is 5.12. The van der Waals surface area contributed by atoms with Gasteiger partial charge in [-0.1, -0.05) is 18.5 Å². The van der Waals surface area contributed by atoms with E-state index in [9.17, 15) is 8.42 Å². The van der Waals surface area contributed by atoms with Gasteiger partial charge < -0.3 is 4.74 Å². The van der Waals surface area contributed by atoms with E-state index in [2.05, 4.69) is 4.98 Å². The number of aromatic nitrogens is 1. The van der Waals surface area contributed by atoms with Gasteiger partial charge in [-0.2, -0.15) is 4.31 Å². The molecule has 1 aromatic rings. The standard InChI is InChI=1S/C10H15ClN2O3S/c1-3-13(6-7-16-2)17(14,15)10-8-12-5-4-9(10)11/h4-5,8H,3,6-7H2,1-2H3. The molecule has 0 spiro atoms. The number of pyridine rings is 1. The zero-order valence-corrected chi connectivity index (χ0v) is 11.3. The second-order valence-electron chi connectivity index (χ2n) is 3.30. The SMILES string of the molecule is CCN(CCOC)S(=O)(=O)c1cnccc1Cl. The molecule has 0 N–H and O–H groups in total. The van der Waals surface area contributed by atoms with Gasteiger partial charge in [0.2, 0.25) is 10.0 Å². The minimum Gasteiger partial charge on any atom is -0.383 e. The molecule has 17 heavy (non-hydrogen) atoms. The summed E-state index contributed by atoms with van der Waals surface area (Å²) in [6.45, 7) is 2.75. The van der Waals surface area contributed by atoms with Gasteiger partial charge in [0.05, 0.1) is 11.6 Å². The van der Waals surface area contributed by atoms with Crippen LogP contribution >= 0.6 is 11.6 Å². The van der Waals surface area contributed by atoms with Gasteiger partial charge in [-0.3, -0.25) is 4.98 Å².